The number of benzene rings is 3. The largest absolute Gasteiger partial charge is 0.454 e. The van der Waals surface area contributed by atoms with Gasteiger partial charge in [0, 0.05) is 29.8 Å². The molecule has 0 unspecified atom stereocenters. The number of nitrogens with zero attached hydrogens (tertiary/aromatic N) is 2. The SMILES string of the molecule is O=C(C[C@@H]1SC(=Nc2ccccc2)NC1=O)Nc1ccc(C(=O)OCC(=O)c2cccc([N+](=O)[O-])c2)cc1. The number of hydrogen-bond donors (Lipinski definition) is 2. The molecule has 1 atom stereocenters. The molecular formula is C26H20N4O7S. The smallest absolute Gasteiger partial charge is 0.338 e. The molecular weight excluding hydrogens is 512 g/mol. The molecule has 2 N–H and O–H groups in total. The number of Topliss-reactive ketones (excluding diaryl/α,β-unsaturated/α-hetero) is 1. The molecule has 1 aliphatic heterocycles. The van der Waals surface area contributed by atoms with E-state index in [1.807, 2.05) is 18.2 Å². The number of amidine groups is 1. The van der Waals surface area contributed by atoms with Crippen LogP contribution in [0.4, 0.5) is 17.1 Å². The van der Waals surface area contributed by atoms with E-state index in [0.717, 1.165) is 6.07 Å². The molecule has 11 nitrogen and oxygen atoms in total. The zero-order chi connectivity index (χ0) is 27.1. The number of carbonyl (C=O) groups is 4. The van der Waals surface area contributed by atoms with E-state index in [9.17, 15) is 29.3 Å². The molecule has 4 rings (SSSR count). The van der Waals surface area contributed by atoms with Gasteiger partial charge in [0.15, 0.2) is 11.8 Å². The first-order valence-electron chi connectivity index (χ1n) is 11.2. The van der Waals surface area contributed by atoms with Crippen molar-refractivity contribution in [2.24, 2.45) is 4.99 Å². The number of para-hydroxylation sites is 1. The van der Waals surface area contributed by atoms with E-state index in [-0.39, 0.29) is 29.1 Å². The van der Waals surface area contributed by atoms with Gasteiger partial charge in [-0.25, -0.2) is 9.79 Å². The van der Waals surface area contributed by atoms with Crippen LogP contribution in [0.2, 0.25) is 0 Å². The second-order valence-corrected chi connectivity index (χ2v) is 9.18. The Labute approximate surface area is 220 Å². The average molecular weight is 533 g/mol. The highest BCUT2D eigenvalue weighted by Gasteiger charge is 2.32. The number of amides is 2. The van der Waals surface area contributed by atoms with Gasteiger partial charge < -0.3 is 15.4 Å². The summed E-state index contributed by atoms with van der Waals surface area (Å²) < 4.78 is 5.01. The predicted octanol–water partition coefficient (Wildman–Crippen LogP) is 3.88. The number of esters is 1. The lowest BCUT2D eigenvalue weighted by Gasteiger charge is -2.08. The monoisotopic (exact) mass is 532 g/mol. The van der Waals surface area contributed by atoms with Gasteiger partial charge in [-0.3, -0.25) is 24.5 Å². The van der Waals surface area contributed by atoms with Crippen LogP contribution in [0.15, 0.2) is 83.9 Å². The quantitative estimate of drug-likeness (QED) is 0.182. The number of nitro benzene ring substituents is 1. The van der Waals surface area contributed by atoms with Crippen molar-refractivity contribution in [1.82, 2.24) is 5.32 Å². The minimum atomic E-state index is -0.772. The van der Waals surface area contributed by atoms with Crippen LogP contribution in [-0.4, -0.2) is 45.5 Å². The number of nitrogens with one attached hydrogen (secondary N) is 2. The van der Waals surface area contributed by atoms with Crippen molar-refractivity contribution in [3.05, 3.63) is 100 Å². The average Bonchev–Trinajstić information content (AvgIpc) is 3.25. The first-order chi connectivity index (χ1) is 18.3. The highest BCUT2D eigenvalue weighted by atomic mass is 32.2. The molecule has 38 heavy (non-hydrogen) atoms. The van der Waals surface area contributed by atoms with E-state index < -0.39 is 34.4 Å². The zero-order valence-electron chi connectivity index (χ0n) is 19.7. The second-order valence-electron chi connectivity index (χ2n) is 7.98. The highest BCUT2D eigenvalue weighted by molar-refractivity contribution is 8.15. The van der Waals surface area contributed by atoms with Crippen molar-refractivity contribution in [1.29, 1.82) is 0 Å². The van der Waals surface area contributed by atoms with Gasteiger partial charge >= 0.3 is 5.97 Å². The third-order valence-corrected chi connectivity index (χ3v) is 6.33. The normalized spacial score (nSPS) is 15.5. The molecule has 1 saturated heterocycles. The van der Waals surface area contributed by atoms with Crippen LogP contribution in [0, 0.1) is 10.1 Å². The molecule has 0 bridgehead atoms. The molecule has 12 heteroatoms. The lowest BCUT2D eigenvalue weighted by molar-refractivity contribution is -0.384. The predicted molar refractivity (Wildman–Crippen MR) is 140 cm³/mol. The second kappa shape index (κ2) is 11.9. The molecule has 3 aromatic rings. The number of rotatable bonds is 9. The summed E-state index contributed by atoms with van der Waals surface area (Å²) in [5, 5.41) is 16.0. The van der Waals surface area contributed by atoms with Crippen LogP contribution in [0.25, 0.3) is 0 Å². The Balaban J connectivity index is 1.26. The van der Waals surface area contributed by atoms with Crippen molar-refractivity contribution in [3.63, 3.8) is 0 Å². The Bertz CT molecular complexity index is 1430. The van der Waals surface area contributed by atoms with Crippen molar-refractivity contribution < 1.29 is 28.8 Å². The number of anilines is 1. The van der Waals surface area contributed by atoms with Gasteiger partial charge in [0.2, 0.25) is 17.6 Å². The molecule has 2 amide bonds. The number of carbonyl (C=O) groups excluding carboxylic acids is 4. The van der Waals surface area contributed by atoms with E-state index in [1.165, 1.54) is 54.2 Å². The van der Waals surface area contributed by atoms with Gasteiger partial charge in [0.05, 0.1) is 16.2 Å². The maximum atomic E-state index is 12.5. The molecule has 0 aromatic heterocycles. The third kappa shape index (κ3) is 6.89. The van der Waals surface area contributed by atoms with Crippen LogP contribution in [-0.2, 0) is 14.3 Å². The summed E-state index contributed by atoms with van der Waals surface area (Å²) in [5.41, 5.74) is 1.04. The molecule has 0 radical (unpaired) electrons. The Hall–Kier alpha value is -4.84. The standard InChI is InChI=1S/C26H20N4O7S/c31-21(17-5-4-8-20(13-17)30(35)36)15-37-25(34)16-9-11-19(12-10-16)27-23(32)14-22-24(33)29-26(38-22)28-18-6-2-1-3-7-18/h1-13,22H,14-15H2,(H,27,32)(H,28,29,33)/t22-/m0/s1. The van der Waals surface area contributed by atoms with Crippen molar-refractivity contribution >= 4 is 57.6 Å². The topological polar surface area (TPSA) is 157 Å². The van der Waals surface area contributed by atoms with Crippen molar-refractivity contribution in [2.75, 3.05) is 11.9 Å². The van der Waals surface area contributed by atoms with Gasteiger partial charge in [0.1, 0.15) is 5.25 Å². The number of aliphatic imine (C=N–C) groups is 1. The molecule has 0 spiro atoms. The maximum Gasteiger partial charge on any atom is 0.338 e. The van der Waals surface area contributed by atoms with Crippen LogP contribution < -0.4 is 10.6 Å². The summed E-state index contributed by atoms with van der Waals surface area (Å²) in [6.07, 6.45) is -0.0755. The van der Waals surface area contributed by atoms with Gasteiger partial charge in [-0.05, 0) is 36.4 Å². The lowest BCUT2D eigenvalue weighted by Crippen LogP contribution is -2.28. The number of ether oxygens (including phenoxy) is 1. The molecule has 1 aliphatic rings. The van der Waals surface area contributed by atoms with Crippen LogP contribution in [0.1, 0.15) is 27.1 Å². The number of thioether (sulfide) groups is 1. The number of hydrogen-bond acceptors (Lipinski definition) is 9. The Morgan fingerprint density at radius 2 is 1.74 bits per heavy atom. The Morgan fingerprint density at radius 1 is 1.00 bits per heavy atom. The van der Waals surface area contributed by atoms with E-state index >= 15 is 0 Å². The summed E-state index contributed by atoms with van der Waals surface area (Å²) in [6, 6.07) is 20.0. The fraction of sp³-hybridized carbons (Fsp3) is 0.115. The van der Waals surface area contributed by atoms with Gasteiger partial charge in [-0.2, -0.15) is 0 Å². The highest BCUT2D eigenvalue weighted by Crippen LogP contribution is 2.25. The molecule has 192 valence electrons. The Kier molecular flexibility index (Phi) is 8.23. The van der Waals surface area contributed by atoms with Crippen molar-refractivity contribution in [3.8, 4) is 0 Å². The minimum Gasteiger partial charge on any atom is -0.454 e. The lowest BCUT2D eigenvalue weighted by atomic mass is 10.1. The van der Waals surface area contributed by atoms with Gasteiger partial charge in [0.25, 0.3) is 5.69 Å². The summed E-state index contributed by atoms with van der Waals surface area (Å²) in [7, 11) is 0. The molecule has 1 heterocycles. The fourth-order valence-corrected chi connectivity index (χ4v) is 4.36. The maximum absolute atomic E-state index is 12.5. The van der Waals surface area contributed by atoms with Gasteiger partial charge in [-0.15, -0.1) is 0 Å². The van der Waals surface area contributed by atoms with E-state index in [1.54, 1.807) is 12.1 Å². The summed E-state index contributed by atoms with van der Waals surface area (Å²) in [5.74, 6) is -2.06. The zero-order valence-corrected chi connectivity index (χ0v) is 20.5. The van der Waals surface area contributed by atoms with E-state index in [4.69, 9.17) is 4.74 Å². The molecule has 3 aromatic carbocycles. The number of non-ortho nitro benzene ring substituents is 1. The summed E-state index contributed by atoms with van der Waals surface area (Å²) in [6.45, 7) is -0.588. The molecule has 0 aliphatic carbocycles. The number of nitro groups is 1. The Morgan fingerprint density at radius 3 is 2.45 bits per heavy atom. The van der Waals surface area contributed by atoms with Crippen LogP contribution in [0.5, 0.6) is 0 Å². The first kappa shape index (κ1) is 26.2. The van der Waals surface area contributed by atoms with Crippen molar-refractivity contribution in [2.45, 2.75) is 11.7 Å². The minimum absolute atomic E-state index is 0.0534. The fourth-order valence-electron chi connectivity index (χ4n) is 3.37. The summed E-state index contributed by atoms with van der Waals surface area (Å²) in [4.78, 5) is 63.8. The van der Waals surface area contributed by atoms with E-state index in [0.29, 0.717) is 16.5 Å². The molecule has 1 fully saturated rings. The van der Waals surface area contributed by atoms with Crippen LogP contribution >= 0.6 is 11.8 Å². The van der Waals surface area contributed by atoms with E-state index in [2.05, 4.69) is 15.6 Å². The number of ketones is 1. The molecule has 0 saturated carbocycles. The third-order valence-electron chi connectivity index (χ3n) is 5.25. The van der Waals surface area contributed by atoms with Crippen LogP contribution in [0.3, 0.4) is 0 Å². The van der Waals surface area contributed by atoms with Gasteiger partial charge in [-0.1, -0.05) is 42.1 Å². The summed E-state index contributed by atoms with van der Waals surface area (Å²) >= 11 is 1.17. The first-order valence-corrected chi connectivity index (χ1v) is 12.1.